The molecule has 18 heavy (non-hydrogen) atoms. The molecule has 102 valence electrons. The Labute approximate surface area is 106 Å². The number of rotatable bonds is 6. The minimum atomic E-state index is -4.32. The molecule has 0 aliphatic heterocycles. The average molecular weight is 285 g/mol. The molecule has 7 heteroatoms. The van der Waals surface area contributed by atoms with Crippen molar-refractivity contribution < 1.29 is 22.0 Å². The van der Waals surface area contributed by atoms with Gasteiger partial charge in [-0.15, -0.1) is 0 Å². The molecule has 1 N–H and O–H groups in total. The van der Waals surface area contributed by atoms with Crippen LogP contribution in [0.4, 0.5) is 22.0 Å². The van der Waals surface area contributed by atoms with Gasteiger partial charge in [0.1, 0.15) is 0 Å². The summed E-state index contributed by atoms with van der Waals surface area (Å²) < 4.78 is 62.4. The molecule has 0 unspecified atom stereocenters. The van der Waals surface area contributed by atoms with Crippen molar-refractivity contribution in [1.29, 1.82) is 0 Å². The summed E-state index contributed by atoms with van der Waals surface area (Å²) in [6.07, 6.45) is 0. The van der Waals surface area contributed by atoms with Gasteiger partial charge in [0.05, 0.1) is 6.54 Å². The Morgan fingerprint density at radius 2 is 1.61 bits per heavy atom. The maximum atomic E-state index is 13.5. The normalized spacial score (nSPS) is 12.7. The summed E-state index contributed by atoms with van der Waals surface area (Å²) in [5.74, 6) is -3.36. The second-order valence-electron chi connectivity index (χ2n) is 3.54. The van der Waals surface area contributed by atoms with Crippen LogP contribution in [0.25, 0.3) is 0 Å². The van der Waals surface area contributed by atoms with Crippen molar-refractivity contribution in [2.75, 3.05) is 18.8 Å². The van der Waals surface area contributed by atoms with Gasteiger partial charge in [-0.25, -0.2) is 0 Å². The highest BCUT2D eigenvalue weighted by Gasteiger charge is 2.31. The molecule has 1 aromatic carbocycles. The van der Waals surface area contributed by atoms with E-state index in [1.165, 1.54) is 24.3 Å². The molecular weight excluding hydrogens is 273 g/mol. The lowest BCUT2D eigenvalue weighted by Gasteiger charge is -2.17. The van der Waals surface area contributed by atoms with E-state index in [0.717, 1.165) is 0 Å². The number of hydrogen-bond donors (Lipinski definition) is 1. The number of thioether (sulfide) groups is 1. The van der Waals surface area contributed by atoms with E-state index in [1.807, 2.05) is 0 Å². The van der Waals surface area contributed by atoms with Crippen LogP contribution >= 0.6 is 11.8 Å². The van der Waals surface area contributed by atoms with E-state index in [-0.39, 0.29) is 29.6 Å². The largest absolute Gasteiger partial charge is 0.441 e. The first kappa shape index (κ1) is 15.2. The molecule has 0 spiro atoms. The zero-order valence-electron chi connectivity index (χ0n) is 9.31. The lowest BCUT2D eigenvalue weighted by atomic mass is 10.1. The fraction of sp³-hybridized carbons (Fsp3) is 0.455. The zero-order chi connectivity index (χ0) is 13.6. The van der Waals surface area contributed by atoms with Crippen molar-refractivity contribution in [3.63, 3.8) is 0 Å². The molecule has 1 nitrogen and oxygen atoms in total. The van der Waals surface area contributed by atoms with E-state index < -0.39 is 18.0 Å². The molecule has 0 saturated carbocycles. The van der Waals surface area contributed by atoms with Crippen LogP contribution in [-0.2, 0) is 5.92 Å². The van der Waals surface area contributed by atoms with Crippen LogP contribution in [0.1, 0.15) is 5.56 Å². The van der Waals surface area contributed by atoms with Gasteiger partial charge in [0.25, 0.3) is 5.92 Å². The van der Waals surface area contributed by atoms with Gasteiger partial charge in [-0.3, -0.25) is 0 Å². The van der Waals surface area contributed by atoms with E-state index in [1.54, 1.807) is 6.07 Å². The maximum absolute atomic E-state index is 13.5. The summed E-state index contributed by atoms with van der Waals surface area (Å²) in [6.45, 7) is -0.790. The van der Waals surface area contributed by atoms with Crippen LogP contribution in [0.5, 0.6) is 0 Å². The van der Waals surface area contributed by atoms with Crippen molar-refractivity contribution in [3.8, 4) is 0 Å². The lowest BCUT2D eigenvalue weighted by Crippen LogP contribution is -2.32. The van der Waals surface area contributed by atoms with E-state index in [4.69, 9.17) is 0 Å². The smallest absolute Gasteiger partial charge is 0.310 e. The minimum Gasteiger partial charge on any atom is -0.310 e. The average Bonchev–Trinajstić information content (AvgIpc) is 2.28. The summed E-state index contributed by atoms with van der Waals surface area (Å²) >= 11 is -0.227. The molecule has 1 rings (SSSR count). The van der Waals surface area contributed by atoms with Crippen LogP contribution in [0.2, 0.25) is 0 Å². The number of hydrogen-bond acceptors (Lipinski definition) is 2. The van der Waals surface area contributed by atoms with Gasteiger partial charge >= 0.3 is 5.51 Å². The molecule has 0 amide bonds. The van der Waals surface area contributed by atoms with Gasteiger partial charge < -0.3 is 5.32 Å². The Hall–Kier alpha value is -0.820. The third kappa shape index (κ3) is 5.68. The quantitative estimate of drug-likeness (QED) is 0.633. The molecule has 0 radical (unpaired) electrons. The first-order valence-corrected chi connectivity index (χ1v) is 6.14. The van der Waals surface area contributed by atoms with Gasteiger partial charge in [0.15, 0.2) is 0 Å². The Kier molecular flexibility index (Phi) is 5.40. The standard InChI is InChI=1S/C11H12F5NS/c12-10(13,9-4-2-1-3-5-9)8-17-6-7-18-11(14,15)16/h1-5,17H,6-8H2. The van der Waals surface area contributed by atoms with Crippen molar-refractivity contribution in [3.05, 3.63) is 35.9 Å². The third-order valence-electron chi connectivity index (χ3n) is 2.09. The van der Waals surface area contributed by atoms with E-state index in [2.05, 4.69) is 5.32 Å². The van der Waals surface area contributed by atoms with Crippen molar-refractivity contribution >= 4 is 11.8 Å². The van der Waals surface area contributed by atoms with E-state index in [0.29, 0.717) is 0 Å². The molecular formula is C11H12F5NS. The Morgan fingerprint density at radius 1 is 1.00 bits per heavy atom. The summed E-state index contributed by atoms with van der Waals surface area (Å²) in [5.41, 5.74) is -4.47. The van der Waals surface area contributed by atoms with Crippen LogP contribution < -0.4 is 5.32 Å². The summed E-state index contributed by atoms with van der Waals surface area (Å²) in [4.78, 5) is 0. The molecule has 0 aliphatic carbocycles. The Morgan fingerprint density at radius 3 is 2.17 bits per heavy atom. The maximum Gasteiger partial charge on any atom is 0.441 e. The van der Waals surface area contributed by atoms with E-state index >= 15 is 0 Å². The monoisotopic (exact) mass is 285 g/mol. The first-order chi connectivity index (χ1) is 8.31. The molecule has 0 aromatic heterocycles. The molecule has 0 heterocycles. The van der Waals surface area contributed by atoms with Gasteiger partial charge in [0.2, 0.25) is 0 Å². The summed E-state index contributed by atoms with van der Waals surface area (Å²) in [6, 6.07) is 7.16. The second kappa shape index (κ2) is 6.38. The molecule has 0 atom stereocenters. The molecule has 1 aromatic rings. The number of benzene rings is 1. The molecule has 0 saturated heterocycles. The molecule has 0 fully saturated rings. The van der Waals surface area contributed by atoms with E-state index in [9.17, 15) is 22.0 Å². The van der Waals surface area contributed by atoms with Gasteiger partial charge in [-0.05, 0) is 11.8 Å². The second-order valence-corrected chi connectivity index (χ2v) is 4.70. The highest BCUT2D eigenvalue weighted by atomic mass is 32.2. The SMILES string of the molecule is FC(F)(F)SCCNCC(F)(F)c1ccccc1. The Bertz CT molecular complexity index is 352. The topological polar surface area (TPSA) is 12.0 Å². The molecule has 0 bridgehead atoms. The van der Waals surface area contributed by atoms with Crippen LogP contribution in [0, 0.1) is 0 Å². The van der Waals surface area contributed by atoms with Crippen LogP contribution in [0.3, 0.4) is 0 Å². The van der Waals surface area contributed by atoms with Crippen molar-refractivity contribution in [2.24, 2.45) is 0 Å². The highest BCUT2D eigenvalue weighted by Crippen LogP contribution is 2.30. The highest BCUT2D eigenvalue weighted by molar-refractivity contribution is 8.00. The van der Waals surface area contributed by atoms with Gasteiger partial charge in [0, 0.05) is 17.9 Å². The predicted molar refractivity (Wildman–Crippen MR) is 61.7 cm³/mol. The zero-order valence-corrected chi connectivity index (χ0v) is 10.1. The first-order valence-electron chi connectivity index (χ1n) is 5.16. The van der Waals surface area contributed by atoms with Crippen molar-refractivity contribution in [2.45, 2.75) is 11.4 Å². The predicted octanol–water partition coefficient (Wildman–Crippen LogP) is 3.62. The fourth-order valence-corrected chi connectivity index (χ4v) is 1.75. The molecule has 0 aliphatic rings. The van der Waals surface area contributed by atoms with Crippen molar-refractivity contribution in [1.82, 2.24) is 5.32 Å². The Balaban J connectivity index is 2.30. The lowest BCUT2D eigenvalue weighted by molar-refractivity contribution is -0.0327. The number of nitrogens with one attached hydrogen (secondary N) is 1. The van der Waals surface area contributed by atoms with Gasteiger partial charge in [-0.2, -0.15) is 22.0 Å². The van der Waals surface area contributed by atoms with Gasteiger partial charge in [-0.1, -0.05) is 30.3 Å². The third-order valence-corrected chi connectivity index (χ3v) is 2.82. The summed E-state index contributed by atoms with van der Waals surface area (Å²) in [7, 11) is 0. The van der Waals surface area contributed by atoms with Crippen LogP contribution in [0.15, 0.2) is 30.3 Å². The number of halogens is 5. The number of alkyl halides is 5. The van der Waals surface area contributed by atoms with Crippen LogP contribution in [-0.4, -0.2) is 24.4 Å². The minimum absolute atomic E-state index is 0.118. The summed E-state index contributed by atoms with van der Waals surface area (Å²) in [5, 5.41) is 2.33. The fourth-order valence-electron chi connectivity index (χ4n) is 1.27.